The van der Waals surface area contributed by atoms with E-state index in [1.165, 1.54) is 6.07 Å². The molecular weight excluding hydrogens is 348 g/mol. The van der Waals surface area contributed by atoms with Crippen LogP contribution in [0.3, 0.4) is 0 Å². The molecule has 0 aromatic carbocycles. The lowest BCUT2D eigenvalue weighted by atomic mass is 9.94. The monoisotopic (exact) mass is 364 g/mol. The smallest absolute Gasteiger partial charge is 0.289 e. The Labute approximate surface area is 126 Å². The van der Waals surface area contributed by atoms with E-state index >= 15 is 0 Å². The lowest BCUT2D eigenvalue weighted by Crippen LogP contribution is -2.38. The SMILES string of the molecule is CCC1CCN(C(=O)c2cc(S(N)(=O)=O)c(Br)o2)CC1. The zero-order valence-electron chi connectivity index (χ0n) is 11.1. The Bertz CT molecular complexity index is 603. The van der Waals surface area contributed by atoms with Crippen LogP contribution < -0.4 is 5.14 Å². The summed E-state index contributed by atoms with van der Waals surface area (Å²) in [6, 6.07) is 1.17. The average Bonchev–Trinajstić information content (AvgIpc) is 2.80. The van der Waals surface area contributed by atoms with E-state index in [1.807, 2.05) is 0 Å². The zero-order valence-corrected chi connectivity index (χ0v) is 13.5. The fourth-order valence-electron chi connectivity index (χ4n) is 2.35. The van der Waals surface area contributed by atoms with Crippen molar-refractivity contribution in [2.75, 3.05) is 13.1 Å². The highest BCUT2D eigenvalue weighted by atomic mass is 79.9. The van der Waals surface area contributed by atoms with Crippen molar-refractivity contribution in [2.45, 2.75) is 31.1 Å². The number of primary sulfonamides is 1. The summed E-state index contributed by atoms with van der Waals surface area (Å²) < 4.78 is 27.8. The second-order valence-electron chi connectivity index (χ2n) is 4.94. The predicted octanol–water partition coefficient (Wildman–Crippen LogP) is 1.95. The first-order chi connectivity index (χ1) is 9.32. The van der Waals surface area contributed by atoms with Gasteiger partial charge in [-0.3, -0.25) is 4.79 Å². The number of furan rings is 1. The molecule has 112 valence electrons. The van der Waals surface area contributed by atoms with Crippen LogP contribution in [0.5, 0.6) is 0 Å². The van der Waals surface area contributed by atoms with Gasteiger partial charge in [0, 0.05) is 19.2 Å². The summed E-state index contributed by atoms with van der Waals surface area (Å²) in [5.41, 5.74) is 0. The predicted molar refractivity (Wildman–Crippen MR) is 76.7 cm³/mol. The van der Waals surface area contributed by atoms with Gasteiger partial charge in [0.25, 0.3) is 5.91 Å². The molecular formula is C12H17BrN2O4S. The van der Waals surface area contributed by atoms with Crippen molar-refractivity contribution in [3.05, 3.63) is 16.5 Å². The second-order valence-corrected chi connectivity index (χ2v) is 7.19. The third-order valence-electron chi connectivity index (χ3n) is 3.65. The van der Waals surface area contributed by atoms with Crippen LogP contribution in [-0.2, 0) is 10.0 Å². The normalized spacial score (nSPS) is 17.4. The molecule has 0 aliphatic carbocycles. The average molecular weight is 365 g/mol. The number of nitrogens with zero attached hydrogens (tertiary/aromatic N) is 1. The summed E-state index contributed by atoms with van der Waals surface area (Å²) in [4.78, 5) is 13.7. The Balaban J connectivity index is 2.15. The molecule has 2 rings (SSSR count). The van der Waals surface area contributed by atoms with Gasteiger partial charge < -0.3 is 9.32 Å². The van der Waals surface area contributed by atoms with Crippen LogP contribution in [-0.4, -0.2) is 32.3 Å². The van der Waals surface area contributed by atoms with Gasteiger partial charge in [-0.05, 0) is 34.7 Å². The Morgan fingerprint density at radius 3 is 2.55 bits per heavy atom. The third kappa shape index (κ3) is 3.24. The van der Waals surface area contributed by atoms with E-state index < -0.39 is 10.0 Å². The fraction of sp³-hybridized carbons (Fsp3) is 0.583. The summed E-state index contributed by atoms with van der Waals surface area (Å²) >= 11 is 2.97. The number of carbonyl (C=O) groups is 1. The van der Waals surface area contributed by atoms with Crippen LogP contribution in [0, 0.1) is 5.92 Å². The summed E-state index contributed by atoms with van der Waals surface area (Å²) in [6.45, 7) is 3.48. The van der Waals surface area contributed by atoms with E-state index in [0.717, 1.165) is 19.3 Å². The first-order valence-electron chi connectivity index (χ1n) is 6.44. The highest BCUT2D eigenvalue weighted by molar-refractivity contribution is 9.10. The maximum atomic E-state index is 12.3. The van der Waals surface area contributed by atoms with Crippen molar-refractivity contribution in [1.29, 1.82) is 0 Å². The number of sulfonamides is 1. The summed E-state index contributed by atoms with van der Waals surface area (Å²) in [5.74, 6) is 0.355. The van der Waals surface area contributed by atoms with E-state index in [4.69, 9.17) is 9.56 Å². The molecule has 8 heteroatoms. The standard InChI is InChI=1S/C12H17BrN2O4S/c1-2-8-3-5-15(6-4-8)12(16)9-7-10(11(13)19-9)20(14,17)18/h7-8H,2-6H2,1H3,(H2,14,17,18). The van der Waals surface area contributed by atoms with E-state index in [1.54, 1.807) is 4.90 Å². The van der Waals surface area contributed by atoms with Crippen LogP contribution >= 0.6 is 15.9 Å². The Kier molecular flexibility index (Phi) is 4.55. The maximum Gasteiger partial charge on any atom is 0.289 e. The first kappa shape index (κ1) is 15.5. The van der Waals surface area contributed by atoms with Crippen molar-refractivity contribution < 1.29 is 17.6 Å². The van der Waals surface area contributed by atoms with Gasteiger partial charge in [0.1, 0.15) is 4.90 Å². The summed E-state index contributed by atoms with van der Waals surface area (Å²) in [5, 5.41) is 5.04. The molecule has 2 heterocycles. The molecule has 20 heavy (non-hydrogen) atoms. The minimum atomic E-state index is -3.90. The Morgan fingerprint density at radius 2 is 2.10 bits per heavy atom. The number of rotatable bonds is 3. The van der Waals surface area contributed by atoms with Crippen molar-refractivity contribution in [1.82, 2.24) is 4.90 Å². The fourth-order valence-corrected chi connectivity index (χ4v) is 3.85. The van der Waals surface area contributed by atoms with Crippen LogP contribution in [0.2, 0.25) is 0 Å². The lowest BCUT2D eigenvalue weighted by Gasteiger charge is -2.30. The van der Waals surface area contributed by atoms with Crippen LogP contribution in [0.25, 0.3) is 0 Å². The number of nitrogens with two attached hydrogens (primary N) is 1. The highest BCUT2D eigenvalue weighted by Crippen LogP contribution is 2.27. The zero-order chi connectivity index (χ0) is 14.9. The van der Waals surface area contributed by atoms with Gasteiger partial charge in [-0.15, -0.1) is 0 Å². The molecule has 0 unspecified atom stereocenters. The van der Waals surface area contributed by atoms with Gasteiger partial charge >= 0.3 is 0 Å². The number of amides is 1. The number of likely N-dealkylation sites (tertiary alicyclic amines) is 1. The topological polar surface area (TPSA) is 93.6 Å². The van der Waals surface area contributed by atoms with E-state index in [9.17, 15) is 13.2 Å². The molecule has 2 N–H and O–H groups in total. The van der Waals surface area contributed by atoms with Crippen molar-refractivity contribution in [2.24, 2.45) is 11.1 Å². The third-order valence-corrected chi connectivity index (χ3v) is 5.42. The number of hydrogen-bond acceptors (Lipinski definition) is 4. The number of carbonyl (C=O) groups excluding carboxylic acids is 1. The molecule has 0 spiro atoms. The summed E-state index contributed by atoms with van der Waals surface area (Å²) in [7, 11) is -3.90. The minimum absolute atomic E-state index is 0.00384. The Hall–Kier alpha value is -0.860. The molecule has 0 atom stereocenters. The summed E-state index contributed by atoms with van der Waals surface area (Å²) in [6.07, 6.45) is 3.04. The molecule has 1 fully saturated rings. The van der Waals surface area contributed by atoms with Gasteiger partial charge in [-0.2, -0.15) is 0 Å². The van der Waals surface area contributed by atoms with Gasteiger partial charge in [0.05, 0.1) is 0 Å². The first-order valence-corrected chi connectivity index (χ1v) is 8.78. The number of piperidine rings is 1. The van der Waals surface area contributed by atoms with Gasteiger partial charge in [-0.25, -0.2) is 13.6 Å². The van der Waals surface area contributed by atoms with Crippen LogP contribution in [0.4, 0.5) is 0 Å². The molecule has 6 nitrogen and oxygen atoms in total. The second kappa shape index (κ2) is 5.87. The molecule has 1 aliphatic heterocycles. The quantitative estimate of drug-likeness (QED) is 0.886. The van der Waals surface area contributed by atoms with Crippen LogP contribution in [0.15, 0.2) is 20.0 Å². The van der Waals surface area contributed by atoms with Crippen molar-refractivity contribution >= 4 is 31.9 Å². The minimum Gasteiger partial charge on any atom is -0.443 e. The molecule has 0 radical (unpaired) electrons. The molecule has 1 saturated heterocycles. The van der Waals surface area contributed by atoms with Gasteiger partial charge in [0.2, 0.25) is 10.0 Å². The van der Waals surface area contributed by atoms with E-state index in [0.29, 0.717) is 19.0 Å². The molecule has 0 bridgehead atoms. The van der Waals surface area contributed by atoms with Crippen LogP contribution in [0.1, 0.15) is 36.7 Å². The van der Waals surface area contributed by atoms with Gasteiger partial charge in [-0.1, -0.05) is 13.3 Å². The van der Waals surface area contributed by atoms with Crippen molar-refractivity contribution in [3.63, 3.8) is 0 Å². The number of hydrogen-bond donors (Lipinski definition) is 1. The van der Waals surface area contributed by atoms with E-state index in [-0.39, 0.29) is 21.2 Å². The number of halogens is 1. The molecule has 1 aromatic rings. The largest absolute Gasteiger partial charge is 0.443 e. The molecule has 1 aromatic heterocycles. The lowest BCUT2D eigenvalue weighted by molar-refractivity contribution is 0.0655. The van der Waals surface area contributed by atoms with Gasteiger partial charge in [0.15, 0.2) is 10.4 Å². The van der Waals surface area contributed by atoms with Crippen molar-refractivity contribution in [3.8, 4) is 0 Å². The molecule has 1 aliphatic rings. The van der Waals surface area contributed by atoms with E-state index in [2.05, 4.69) is 22.9 Å². The maximum absolute atomic E-state index is 12.3. The highest BCUT2D eigenvalue weighted by Gasteiger charge is 2.27. The molecule has 0 saturated carbocycles. The Morgan fingerprint density at radius 1 is 1.50 bits per heavy atom. The molecule has 1 amide bonds.